The number of nitrogens with one attached hydrogen (secondary N) is 1. The first kappa shape index (κ1) is 12.2. The van der Waals surface area contributed by atoms with Crippen LogP contribution in [-0.4, -0.2) is 29.9 Å². The van der Waals surface area contributed by atoms with Crippen LogP contribution in [0, 0.1) is 11.6 Å². The highest BCUT2D eigenvalue weighted by molar-refractivity contribution is 5.52. The first-order valence-corrected chi connectivity index (χ1v) is 5.83. The zero-order chi connectivity index (χ0) is 13.2. The van der Waals surface area contributed by atoms with Crippen LogP contribution < -0.4 is 5.32 Å². The molecule has 1 aromatic heterocycles. The summed E-state index contributed by atoms with van der Waals surface area (Å²) in [4.78, 5) is 4.13. The van der Waals surface area contributed by atoms with Crippen LogP contribution in [0.4, 0.5) is 8.78 Å². The first-order valence-electron chi connectivity index (χ1n) is 5.83. The van der Waals surface area contributed by atoms with E-state index in [0.717, 1.165) is 18.2 Å². The van der Waals surface area contributed by atoms with Gasteiger partial charge in [0.25, 0.3) is 5.89 Å². The van der Waals surface area contributed by atoms with Crippen LogP contribution in [0.2, 0.25) is 0 Å². The smallest absolute Gasteiger partial charge is 0.258 e. The number of aromatic nitrogens is 2. The molecule has 0 bridgehead atoms. The van der Waals surface area contributed by atoms with E-state index < -0.39 is 11.6 Å². The first-order chi connectivity index (χ1) is 9.22. The molecule has 1 atom stereocenters. The topological polar surface area (TPSA) is 60.2 Å². The molecule has 7 heteroatoms. The number of hydrogen-bond acceptors (Lipinski definition) is 5. The maximum atomic E-state index is 13.1. The molecule has 1 N–H and O–H groups in total. The summed E-state index contributed by atoms with van der Waals surface area (Å²) in [6.07, 6.45) is 0. The summed E-state index contributed by atoms with van der Waals surface area (Å²) in [5, 5.41) is 6.97. The van der Waals surface area contributed by atoms with E-state index in [1.54, 1.807) is 0 Å². The molecule has 3 rings (SSSR count). The van der Waals surface area contributed by atoms with E-state index >= 15 is 0 Å². The van der Waals surface area contributed by atoms with Crippen molar-refractivity contribution >= 4 is 0 Å². The van der Waals surface area contributed by atoms with Crippen molar-refractivity contribution in [1.29, 1.82) is 0 Å². The largest absolute Gasteiger partial charge is 0.378 e. The van der Waals surface area contributed by atoms with Gasteiger partial charge in [-0.05, 0) is 12.1 Å². The summed E-state index contributed by atoms with van der Waals surface area (Å²) in [5.74, 6) is -0.872. The number of hydrogen-bond donors (Lipinski definition) is 1. The lowest BCUT2D eigenvalue weighted by molar-refractivity contribution is 0.0734. The standard InChI is InChI=1S/C12H11F2N3O2/c13-8-3-7(4-9(14)5-8)12-16-11(17-19-12)10-6-18-2-1-15-10/h3-5,10,15H,1-2,6H2. The predicted octanol–water partition coefficient (Wildman–Crippen LogP) is 1.68. The van der Waals surface area contributed by atoms with Gasteiger partial charge in [-0.3, -0.25) is 0 Å². The summed E-state index contributed by atoms with van der Waals surface area (Å²) >= 11 is 0. The van der Waals surface area contributed by atoms with Gasteiger partial charge in [0.1, 0.15) is 11.6 Å². The predicted molar refractivity (Wildman–Crippen MR) is 61.2 cm³/mol. The van der Waals surface area contributed by atoms with Crippen molar-refractivity contribution in [2.75, 3.05) is 19.8 Å². The average molecular weight is 267 g/mol. The molecule has 1 saturated heterocycles. The zero-order valence-electron chi connectivity index (χ0n) is 9.90. The van der Waals surface area contributed by atoms with Gasteiger partial charge in [-0.2, -0.15) is 4.98 Å². The summed E-state index contributed by atoms with van der Waals surface area (Å²) < 4.78 is 36.5. The maximum Gasteiger partial charge on any atom is 0.258 e. The molecule has 2 heterocycles. The molecule has 1 fully saturated rings. The van der Waals surface area contributed by atoms with Crippen LogP contribution in [0.1, 0.15) is 11.9 Å². The molecule has 0 spiro atoms. The summed E-state index contributed by atoms with van der Waals surface area (Å²) in [7, 11) is 0. The van der Waals surface area contributed by atoms with Crippen molar-refractivity contribution in [2.24, 2.45) is 0 Å². The maximum absolute atomic E-state index is 13.1. The molecular formula is C12H11F2N3O2. The van der Waals surface area contributed by atoms with Gasteiger partial charge >= 0.3 is 0 Å². The molecule has 1 aromatic carbocycles. The molecular weight excluding hydrogens is 256 g/mol. The number of nitrogens with zero attached hydrogens (tertiary/aromatic N) is 2. The van der Waals surface area contributed by atoms with Gasteiger partial charge in [0.05, 0.1) is 19.3 Å². The van der Waals surface area contributed by atoms with Crippen LogP contribution in [0.15, 0.2) is 22.7 Å². The third-order valence-electron chi connectivity index (χ3n) is 2.78. The molecule has 5 nitrogen and oxygen atoms in total. The second-order valence-corrected chi connectivity index (χ2v) is 4.20. The van der Waals surface area contributed by atoms with E-state index in [1.807, 2.05) is 0 Å². The Balaban J connectivity index is 1.87. The highest BCUT2D eigenvalue weighted by Gasteiger charge is 2.21. The van der Waals surface area contributed by atoms with Crippen molar-refractivity contribution in [3.63, 3.8) is 0 Å². The van der Waals surface area contributed by atoms with Gasteiger partial charge in [0.2, 0.25) is 0 Å². The molecule has 1 unspecified atom stereocenters. The van der Waals surface area contributed by atoms with E-state index in [-0.39, 0.29) is 17.5 Å². The Hall–Kier alpha value is -1.86. The Morgan fingerprint density at radius 1 is 1.21 bits per heavy atom. The normalized spacial score (nSPS) is 19.6. The van der Waals surface area contributed by atoms with E-state index in [1.165, 1.54) is 0 Å². The minimum absolute atomic E-state index is 0.0840. The summed E-state index contributed by atoms with van der Waals surface area (Å²) in [6.45, 7) is 1.77. The fraction of sp³-hybridized carbons (Fsp3) is 0.333. The second-order valence-electron chi connectivity index (χ2n) is 4.20. The van der Waals surface area contributed by atoms with Crippen LogP contribution in [0.3, 0.4) is 0 Å². The molecule has 0 aliphatic carbocycles. The highest BCUT2D eigenvalue weighted by atomic mass is 19.1. The van der Waals surface area contributed by atoms with Crippen molar-refractivity contribution in [2.45, 2.75) is 6.04 Å². The number of ether oxygens (including phenoxy) is 1. The third kappa shape index (κ3) is 2.61. The van der Waals surface area contributed by atoms with Gasteiger partial charge < -0.3 is 14.6 Å². The molecule has 1 aliphatic heterocycles. The number of benzene rings is 1. The number of morpholine rings is 1. The zero-order valence-corrected chi connectivity index (χ0v) is 9.90. The van der Waals surface area contributed by atoms with Gasteiger partial charge in [-0.1, -0.05) is 5.16 Å². The van der Waals surface area contributed by atoms with Gasteiger partial charge in [-0.25, -0.2) is 8.78 Å². The minimum Gasteiger partial charge on any atom is -0.378 e. The molecule has 2 aromatic rings. The number of halogens is 2. The lowest BCUT2D eigenvalue weighted by atomic mass is 10.2. The Kier molecular flexibility index (Phi) is 3.22. The molecule has 100 valence electrons. The van der Waals surface area contributed by atoms with Crippen LogP contribution in [-0.2, 0) is 4.74 Å². The summed E-state index contributed by atoms with van der Waals surface area (Å²) in [6, 6.07) is 2.91. The van der Waals surface area contributed by atoms with Crippen molar-refractivity contribution in [3.05, 3.63) is 35.7 Å². The molecule has 0 amide bonds. The Bertz CT molecular complexity index is 562. The average Bonchev–Trinajstić information content (AvgIpc) is 2.88. The lowest BCUT2D eigenvalue weighted by Crippen LogP contribution is -2.35. The molecule has 0 radical (unpaired) electrons. The Morgan fingerprint density at radius 2 is 2.00 bits per heavy atom. The lowest BCUT2D eigenvalue weighted by Gasteiger charge is -2.20. The van der Waals surface area contributed by atoms with Crippen molar-refractivity contribution in [3.8, 4) is 11.5 Å². The monoisotopic (exact) mass is 267 g/mol. The summed E-state index contributed by atoms with van der Waals surface area (Å²) in [5.41, 5.74) is 0.216. The van der Waals surface area contributed by atoms with Crippen LogP contribution in [0.25, 0.3) is 11.5 Å². The second kappa shape index (κ2) is 5.02. The Morgan fingerprint density at radius 3 is 2.68 bits per heavy atom. The quantitative estimate of drug-likeness (QED) is 0.897. The number of rotatable bonds is 2. The van der Waals surface area contributed by atoms with E-state index in [2.05, 4.69) is 15.5 Å². The van der Waals surface area contributed by atoms with E-state index in [4.69, 9.17) is 9.26 Å². The fourth-order valence-electron chi connectivity index (χ4n) is 1.90. The fourth-order valence-corrected chi connectivity index (χ4v) is 1.90. The highest BCUT2D eigenvalue weighted by Crippen LogP contribution is 2.22. The van der Waals surface area contributed by atoms with Gasteiger partial charge in [0, 0.05) is 18.2 Å². The van der Waals surface area contributed by atoms with Crippen molar-refractivity contribution in [1.82, 2.24) is 15.5 Å². The Labute approximate surface area is 107 Å². The van der Waals surface area contributed by atoms with Crippen LogP contribution in [0.5, 0.6) is 0 Å². The molecule has 1 aliphatic rings. The van der Waals surface area contributed by atoms with Gasteiger partial charge in [0.15, 0.2) is 5.82 Å². The van der Waals surface area contributed by atoms with Gasteiger partial charge in [-0.15, -0.1) is 0 Å². The van der Waals surface area contributed by atoms with Crippen molar-refractivity contribution < 1.29 is 18.0 Å². The SMILES string of the molecule is Fc1cc(F)cc(-c2nc(C3COCCN3)no2)c1. The third-order valence-corrected chi connectivity index (χ3v) is 2.78. The van der Waals surface area contributed by atoms with E-state index in [9.17, 15) is 8.78 Å². The van der Waals surface area contributed by atoms with Crippen LogP contribution >= 0.6 is 0 Å². The van der Waals surface area contributed by atoms with E-state index in [0.29, 0.717) is 25.6 Å². The molecule has 0 saturated carbocycles. The molecule has 19 heavy (non-hydrogen) atoms. The minimum atomic E-state index is -0.686.